The van der Waals surface area contributed by atoms with Gasteiger partial charge >= 0.3 is 88.3 Å². The van der Waals surface area contributed by atoms with Crippen molar-refractivity contribution in [1.29, 1.82) is 0 Å². The summed E-state index contributed by atoms with van der Waals surface area (Å²) >= 11 is -1.09. The molecule has 1 aromatic rings. The minimum atomic E-state index is -1.09. The molecule has 0 spiro atoms. The zero-order valence-corrected chi connectivity index (χ0v) is 9.53. The third-order valence-electron chi connectivity index (χ3n) is 0.839. The van der Waals surface area contributed by atoms with Gasteiger partial charge in [0.2, 0.25) is 0 Å². The van der Waals surface area contributed by atoms with Crippen molar-refractivity contribution in [3.05, 3.63) is 30.3 Å². The fraction of sp³-hybridized carbons (Fsp3) is 0. The van der Waals surface area contributed by atoms with Gasteiger partial charge in [-0.2, -0.15) is 0 Å². The quantitative estimate of drug-likeness (QED) is 0.466. The van der Waals surface area contributed by atoms with Crippen molar-refractivity contribution < 1.29 is 33.0 Å². The van der Waals surface area contributed by atoms with E-state index >= 15 is 0 Å². The molecule has 0 aliphatic heterocycles. The van der Waals surface area contributed by atoms with E-state index < -0.39 is 21.3 Å². The molecule has 0 aliphatic rings. The van der Waals surface area contributed by atoms with Gasteiger partial charge in [-0.3, -0.25) is 0 Å². The molecule has 0 bridgehead atoms. The Morgan fingerprint density at radius 2 is 1.67 bits per heavy atom. The zero-order valence-electron chi connectivity index (χ0n) is 5.20. The minimum absolute atomic E-state index is 0. The van der Waals surface area contributed by atoms with Crippen LogP contribution in [0.3, 0.4) is 0 Å². The van der Waals surface area contributed by atoms with Gasteiger partial charge in [0, 0.05) is 0 Å². The van der Waals surface area contributed by atoms with Gasteiger partial charge < -0.3 is 0 Å². The summed E-state index contributed by atoms with van der Waals surface area (Å²) in [7, 11) is 0. The fourth-order valence-corrected chi connectivity index (χ4v) is 1.24. The van der Waals surface area contributed by atoms with Crippen LogP contribution in [0.4, 0.5) is 0 Å². The third kappa shape index (κ3) is 3.62. The average molecular weight is 244 g/mol. The van der Waals surface area contributed by atoms with Crippen LogP contribution in [-0.4, -0.2) is 21.3 Å². The van der Waals surface area contributed by atoms with Crippen LogP contribution in [0.1, 0.15) is 0 Å². The van der Waals surface area contributed by atoms with Crippen LogP contribution in [0, 0.1) is 0 Å². The Labute approximate surface area is 87.4 Å². The zero-order chi connectivity index (χ0) is 5.82. The molecule has 0 aliphatic carbocycles. The van der Waals surface area contributed by atoms with Crippen molar-refractivity contribution >= 4 is 24.9 Å². The molecule has 0 atom stereocenters. The second kappa shape index (κ2) is 5.73. The van der Waals surface area contributed by atoms with Crippen molar-refractivity contribution in [1.82, 2.24) is 0 Å². The van der Waals surface area contributed by atoms with Gasteiger partial charge in [-0.25, -0.2) is 0 Å². The Morgan fingerprint density at radius 3 is 2.00 bits per heavy atom. The molecular weight excluding hydrogens is 239 g/mol. The molecule has 1 rings (SSSR count). The van der Waals surface area contributed by atoms with E-state index in [2.05, 4.69) is 0 Å². The van der Waals surface area contributed by atoms with E-state index in [-0.39, 0.29) is 29.6 Å². The molecule has 0 radical (unpaired) electrons. The first-order valence-corrected chi connectivity index (χ1v) is 4.40. The van der Waals surface area contributed by atoms with E-state index in [0.717, 1.165) is 3.61 Å². The second-order valence-corrected chi connectivity index (χ2v) is 3.22. The maximum atomic E-state index is 10.3. The normalized spacial score (nSPS) is 8.11. The summed E-state index contributed by atoms with van der Waals surface area (Å²) in [6.45, 7) is 0. The topological polar surface area (TPSA) is 23.1 Å². The molecule has 42 valence electrons. The van der Waals surface area contributed by atoms with Crippen LogP contribution in [-0.2, 0) is 0 Å². The molecular formula is C6H5NaOTe. The van der Waals surface area contributed by atoms with E-state index in [1.165, 1.54) is 0 Å². The Hall–Kier alpha value is 0.970. The van der Waals surface area contributed by atoms with Crippen LogP contribution in [0.5, 0.6) is 0 Å². The SMILES string of the molecule is [Na+].[O-][Te]c1ccccc1. The van der Waals surface area contributed by atoms with Gasteiger partial charge in [-0.1, -0.05) is 0 Å². The number of hydrogen-bond acceptors (Lipinski definition) is 1. The standard InChI is InChI=1S/C6H6OTe.Na/c7-8-6-4-2-1-3-5-6;/h1-5,7H;/q;+1/p-1. The first-order chi connectivity index (χ1) is 3.93. The molecule has 3 heteroatoms. The Morgan fingerprint density at radius 1 is 1.11 bits per heavy atom. The van der Waals surface area contributed by atoms with E-state index in [4.69, 9.17) is 0 Å². The number of rotatable bonds is 1. The number of benzene rings is 1. The second-order valence-electron chi connectivity index (χ2n) is 1.40. The Kier molecular flexibility index (Phi) is 6.35. The monoisotopic (exact) mass is 246 g/mol. The van der Waals surface area contributed by atoms with E-state index in [0.29, 0.717) is 0 Å². The van der Waals surface area contributed by atoms with Gasteiger partial charge in [0.05, 0.1) is 0 Å². The summed E-state index contributed by atoms with van der Waals surface area (Å²) in [5.41, 5.74) is 0. The average Bonchev–Trinajstić information content (AvgIpc) is 1.90. The van der Waals surface area contributed by atoms with Gasteiger partial charge in [0.15, 0.2) is 0 Å². The van der Waals surface area contributed by atoms with Crippen molar-refractivity contribution in [2.24, 2.45) is 0 Å². The first-order valence-electron chi connectivity index (χ1n) is 2.28. The van der Waals surface area contributed by atoms with Gasteiger partial charge in [-0.15, -0.1) is 0 Å². The molecule has 0 unspecified atom stereocenters. The van der Waals surface area contributed by atoms with Crippen LogP contribution < -0.4 is 36.6 Å². The molecule has 0 heterocycles. The predicted molar refractivity (Wildman–Crippen MR) is 31.8 cm³/mol. The third-order valence-corrected chi connectivity index (χ3v) is 2.17. The van der Waals surface area contributed by atoms with Crippen LogP contribution >= 0.6 is 0 Å². The van der Waals surface area contributed by atoms with Crippen LogP contribution in [0.15, 0.2) is 30.3 Å². The van der Waals surface area contributed by atoms with Gasteiger partial charge in [-0.05, 0) is 0 Å². The summed E-state index contributed by atoms with van der Waals surface area (Å²) in [6, 6.07) is 9.49. The summed E-state index contributed by atoms with van der Waals surface area (Å²) in [5, 5.41) is 0. The van der Waals surface area contributed by atoms with Gasteiger partial charge in [0.25, 0.3) is 0 Å². The van der Waals surface area contributed by atoms with Crippen LogP contribution in [0.25, 0.3) is 0 Å². The van der Waals surface area contributed by atoms with Gasteiger partial charge in [0.1, 0.15) is 0 Å². The Balaban J connectivity index is 0.000000640. The Bertz CT molecular complexity index is 154. The summed E-state index contributed by atoms with van der Waals surface area (Å²) in [5.74, 6) is 0. The molecule has 0 saturated heterocycles. The first kappa shape index (κ1) is 9.97. The fourth-order valence-electron chi connectivity index (χ4n) is 0.476. The predicted octanol–water partition coefficient (Wildman–Crippen LogP) is -3.70. The molecule has 0 N–H and O–H groups in total. The van der Waals surface area contributed by atoms with Crippen molar-refractivity contribution in [2.75, 3.05) is 0 Å². The summed E-state index contributed by atoms with van der Waals surface area (Å²) in [6.07, 6.45) is 0. The summed E-state index contributed by atoms with van der Waals surface area (Å²) in [4.78, 5) is 0. The van der Waals surface area contributed by atoms with E-state index in [9.17, 15) is 3.47 Å². The number of hydrogen-bond donors (Lipinski definition) is 0. The molecule has 0 aromatic heterocycles. The molecule has 1 aromatic carbocycles. The van der Waals surface area contributed by atoms with Crippen LogP contribution in [0.2, 0.25) is 0 Å². The molecule has 9 heavy (non-hydrogen) atoms. The van der Waals surface area contributed by atoms with Crippen molar-refractivity contribution in [3.63, 3.8) is 0 Å². The van der Waals surface area contributed by atoms with E-state index in [1.807, 2.05) is 30.3 Å². The molecule has 0 saturated carbocycles. The van der Waals surface area contributed by atoms with Crippen molar-refractivity contribution in [3.8, 4) is 0 Å². The summed E-state index contributed by atoms with van der Waals surface area (Å²) < 4.78 is 11.2. The van der Waals surface area contributed by atoms with E-state index in [1.54, 1.807) is 0 Å². The maximum absolute atomic E-state index is 10.3. The molecule has 0 fully saturated rings. The van der Waals surface area contributed by atoms with Crippen molar-refractivity contribution in [2.45, 2.75) is 0 Å². The molecule has 1 nitrogen and oxygen atoms in total. The molecule has 0 amide bonds.